The van der Waals surface area contributed by atoms with Gasteiger partial charge >= 0.3 is 0 Å². The summed E-state index contributed by atoms with van der Waals surface area (Å²) in [7, 11) is 0. The fraction of sp³-hybridized carbons (Fsp3) is 0.333. The zero-order valence-corrected chi connectivity index (χ0v) is 12.5. The standard InChI is InChI=1S/C18H20N2O/c1-3-18(2)11-10-16(21)20-15-9-5-4-7-13(15)14-8-6-12-19-17(14)18/h4-9,12H,3,10-11H2,1-2H3,(H,20,21). The lowest BCUT2D eigenvalue weighted by Crippen LogP contribution is -2.24. The number of nitrogens with one attached hydrogen (secondary N) is 1. The number of para-hydroxylation sites is 1. The van der Waals surface area contributed by atoms with E-state index in [9.17, 15) is 4.79 Å². The van der Waals surface area contributed by atoms with Gasteiger partial charge in [-0.3, -0.25) is 9.78 Å². The number of rotatable bonds is 1. The fourth-order valence-corrected chi connectivity index (χ4v) is 3.00. The Bertz CT molecular complexity index is 680. The molecule has 3 nitrogen and oxygen atoms in total. The largest absolute Gasteiger partial charge is 0.326 e. The van der Waals surface area contributed by atoms with Crippen LogP contribution in [-0.4, -0.2) is 10.9 Å². The second-order valence-electron chi connectivity index (χ2n) is 5.91. The van der Waals surface area contributed by atoms with E-state index in [2.05, 4.69) is 36.3 Å². The molecule has 2 aromatic rings. The minimum atomic E-state index is -0.0780. The first-order valence-electron chi connectivity index (χ1n) is 7.49. The molecule has 1 unspecified atom stereocenters. The number of carbonyl (C=O) groups excluding carboxylic acids is 1. The summed E-state index contributed by atoms with van der Waals surface area (Å²) in [6.07, 6.45) is 4.15. The second kappa shape index (κ2) is 5.32. The van der Waals surface area contributed by atoms with Crippen LogP contribution in [0.3, 0.4) is 0 Å². The number of hydrogen-bond acceptors (Lipinski definition) is 2. The lowest BCUT2D eigenvalue weighted by molar-refractivity contribution is -0.116. The molecule has 1 aliphatic heterocycles. The number of aromatic nitrogens is 1. The molecule has 1 amide bonds. The first-order valence-corrected chi connectivity index (χ1v) is 7.49. The number of pyridine rings is 1. The third-order valence-electron chi connectivity index (χ3n) is 4.55. The summed E-state index contributed by atoms with van der Waals surface area (Å²) in [6, 6.07) is 12.0. The van der Waals surface area contributed by atoms with E-state index >= 15 is 0 Å². The third-order valence-corrected chi connectivity index (χ3v) is 4.55. The Morgan fingerprint density at radius 3 is 2.76 bits per heavy atom. The maximum atomic E-state index is 12.2. The molecule has 3 heteroatoms. The Balaban J connectivity index is 2.28. The molecule has 1 aromatic heterocycles. The van der Waals surface area contributed by atoms with Gasteiger partial charge in [-0.1, -0.05) is 38.1 Å². The number of hydrogen-bond donors (Lipinski definition) is 1. The van der Waals surface area contributed by atoms with Gasteiger partial charge in [0.15, 0.2) is 0 Å². The van der Waals surface area contributed by atoms with Gasteiger partial charge in [-0.2, -0.15) is 0 Å². The van der Waals surface area contributed by atoms with Crippen molar-refractivity contribution in [2.24, 2.45) is 0 Å². The van der Waals surface area contributed by atoms with Gasteiger partial charge in [0.1, 0.15) is 0 Å². The molecule has 0 saturated heterocycles. The van der Waals surface area contributed by atoms with Gasteiger partial charge in [0.05, 0.1) is 5.69 Å². The molecule has 0 radical (unpaired) electrons. The van der Waals surface area contributed by atoms with E-state index < -0.39 is 0 Å². The Hall–Kier alpha value is -2.16. The van der Waals surface area contributed by atoms with Crippen molar-refractivity contribution >= 4 is 11.6 Å². The van der Waals surface area contributed by atoms with Gasteiger partial charge in [-0.05, 0) is 25.0 Å². The molecule has 0 fully saturated rings. The molecule has 0 spiro atoms. The maximum absolute atomic E-state index is 12.2. The molecule has 108 valence electrons. The number of carbonyl (C=O) groups is 1. The molecule has 3 rings (SSSR count). The second-order valence-corrected chi connectivity index (χ2v) is 5.91. The minimum absolute atomic E-state index is 0.0780. The van der Waals surface area contributed by atoms with Crippen LogP contribution in [0.4, 0.5) is 5.69 Å². The normalized spacial score (nSPS) is 21.3. The Morgan fingerprint density at radius 1 is 1.19 bits per heavy atom. The Kier molecular flexibility index (Phi) is 3.50. The monoisotopic (exact) mass is 280 g/mol. The molecule has 0 bridgehead atoms. The zero-order chi connectivity index (χ0) is 14.9. The highest BCUT2D eigenvalue weighted by molar-refractivity contribution is 5.96. The van der Waals surface area contributed by atoms with Crippen LogP contribution in [-0.2, 0) is 10.2 Å². The highest BCUT2D eigenvalue weighted by Crippen LogP contribution is 2.40. The minimum Gasteiger partial charge on any atom is -0.326 e. The molecule has 1 aromatic carbocycles. The Labute approximate surface area is 125 Å². The summed E-state index contributed by atoms with van der Waals surface area (Å²) in [4.78, 5) is 16.8. The summed E-state index contributed by atoms with van der Waals surface area (Å²) in [5, 5.41) is 3.04. The van der Waals surface area contributed by atoms with Crippen LogP contribution in [0.5, 0.6) is 0 Å². The zero-order valence-electron chi connectivity index (χ0n) is 12.5. The molecule has 1 atom stereocenters. The first-order chi connectivity index (χ1) is 10.1. The molecule has 0 saturated carbocycles. The van der Waals surface area contributed by atoms with Crippen molar-refractivity contribution < 1.29 is 4.79 Å². The number of nitrogens with zero attached hydrogens (tertiary/aromatic N) is 1. The van der Waals surface area contributed by atoms with Crippen LogP contribution in [0.25, 0.3) is 11.1 Å². The van der Waals surface area contributed by atoms with Crippen molar-refractivity contribution in [2.45, 2.75) is 38.5 Å². The molecular formula is C18H20N2O. The van der Waals surface area contributed by atoms with Gasteiger partial charge in [0.2, 0.25) is 5.91 Å². The van der Waals surface area contributed by atoms with E-state index in [1.165, 1.54) is 0 Å². The fourth-order valence-electron chi connectivity index (χ4n) is 3.00. The highest BCUT2D eigenvalue weighted by Gasteiger charge is 2.31. The number of anilines is 1. The van der Waals surface area contributed by atoms with E-state index in [0.717, 1.165) is 35.3 Å². The van der Waals surface area contributed by atoms with Crippen LogP contribution in [0.1, 0.15) is 38.8 Å². The molecule has 0 aliphatic carbocycles. The van der Waals surface area contributed by atoms with Crippen molar-refractivity contribution in [3.63, 3.8) is 0 Å². The average molecular weight is 280 g/mol. The van der Waals surface area contributed by atoms with Gasteiger partial charge in [-0.15, -0.1) is 0 Å². The summed E-state index contributed by atoms with van der Waals surface area (Å²) >= 11 is 0. The predicted molar refractivity (Wildman–Crippen MR) is 85.2 cm³/mol. The van der Waals surface area contributed by atoms with Gasteiger partial charge in [0, 0.05) is 34.8 Å². The van der Waals surface area contributed by atoms with Crippen molar-refractivity contribution in [2.75, 3.05) is 5.32 Å². The summed E-state index contributed by atoms with van der Waals surface area (Å²) in [5.74, 6) is 0.0786. The van der Waals surface area contributed by atoms with E-state index in [4.69, 9.17) is 0 Å². The van der Waals surface area contributed by atoms with Gasteiger partial charge in [-0.25, -0.2) is 0 Å². The van der Waals surface area contributed by atoms with Crippen molar-refractivity contribution in [1.29, 1.82) is 0 Å². The summed E-state index contributed by atoms with van der Waals surface area (Å²) < 4.78 is 0. The first kappa shape index (κ1) is 13.8. The Morgan fingerprint density at radius 2 is 1.95 bits per heavy atom. The predicted octanol–water partition coefficient (Wildman–Crippen LogP) is 4.15. The topological polar surface area (TPSA) is 42.0 Å². The van der Waals surface area contributed by atoms with Crippen LogP contribution < -0.4 is 5.32 Å². The molecule has 2 heterocycles. The molecular weight excluding hydrogens is 260 g/mol. The molecule has 1 aliphatic rings. The van der Waals surface area contributed by atoms with Gasteiger partial charge in [0.25, 0.3) is 0 Å². The van der Waals surface area contributed by atoms with Crippen molar-refractivity contribution in [3.8, 4) is 11.1 Å². The van der Waals surface area contributed by atoms with E-state index in [1.54, 1.807) is 0 Å². The van der Waals surface area contributed by atoms with Gasteiger partial charge < -0.3 is 5.32 Å². The van der Waals surface area contributed by atoms with Crippen LogP contribution in [0.2, 0.25) is 0 Å². The van der Waals surface area contributed by atoms with Crippen LogP contribution >= 0.6 is 0 Å². The highest BCUT2D eigenvalue weighted by atomic mass is 16.1. The van der Waals surface area contributed by atoms with Crippen molar-refractivity contribution in [3.05, 3.63) is 48.3 Å². The third kappa shape index (κ3) is 2.44. The average Bonchev–Trinajstić information content (AvgIpc) is 2.57. The summed E-state index contributed by atoms with van der Waals surface area (Å²) in [6.45, 7) is 4.38. The van der Waals surface area contributed by atoms with E-state index in [-0.39, 0.29) is 11.3 Å². The SMILES string of the molecule is CCC1(C)CCC(=O)Nc2ccccc2-c2cccnc21. The smallest absolute Gasteiger partial charge is 0.224 e. The maximum Gasteiger partial charge on any atom is 0.224 e. The van der Waals surface area contributed by atoms with E-state index in [1.807, 2.05) is 30.5 Å². The number of benzene rings is 1. The lowest BCUT2D eigenvalue weighted by Gasteiger charge is -2.29. The van der Waals surface area contributed by atoms with E-state index in [0.29, 0.717) is 6.42 Å². The number of fused-ring (bicyclic) bond motifs is 3. The number of amides is 1. The molecule has 1 N–H and O–H groups in total. The lowest BCUT2D eigenvalue weighted by atomic mass is 9.76. The molecule has 21 heavy (non-hydrogen) atoms. The quantitative estimate of drug-likeness (QED) is 0.852. The van der Waals surface area contributed by atoms with Crippen molar-refractivity contribution in [1.82, 2.24) is 4.98 Å². The van der Waals surface area contributed by atoms with Crippen LogP contribution in [0.15, 0.2) is 42.6 Å². The van der Waals surface area contributed by atoms with Crippen LogP contribution in [0, 0.1) is 0 Å². The summed E-state index contributed by atoms with van der Waals surface area (Å²) in [5.41, 5.74) is 4.06.